The number of nitro benzene ring substituents is 1. The van der Waals surface area contributed by atoms with Gasteiger partial charge in [-0.1, -0.05) is 29.8 Å². The molecule has 0 aliphatic rings. The third-order valence-electron chi connectivity index (χ3n) is 2.84. The highest BCUT2D eigenvalue weighted by Gasteiger charge is 2.17. The number of phenols is 1. The molecule has 1 N–H and O–H groups in total. The summed E-state index contributed by atoms with van der Waals surface area (Å²) in [5.41, 5.74) is 0.950. The van der Waals surface area contributed by atoms with E-state index in [1.54, 1.807) is 13.0 Å². The Morgan fingerprint density at radius 1 is 1.27 bits per heavy atom. The van der Waals surface area contributed by atoms with E-state index >= 15 is 0 Å². The van der Waals surface area contributed by atoms with Gasteiger partial charge in [0.1, 0.15) is 11.5 Å². The quantitative estimate of drug-likeness (QED) is 0.595. The molecule has 0 aromatic heterocycles. The number of non-ortho nitro benzene ring substituents is 1. The summed E-state index contributed by atoms with van der Waals surface area (Å²) in [4.78, 5) is 10.1. The van der Waals surface area contributed by atoms with Crippen LogP contribution in [-0.2, 0) is 0 Å². The number of nitro groups is 1. The zero-order chi connectivity index (χ0) is 16.4. The SMILES string of the molecule is C=C(C)c1cc(Oc2c(Cl)cc([N+](=O)[O-])cc2Cl)ccc1O. The number of allylic oxidation sites excluding steroid dienone is 1. The molecule has 0 amide bonds. The number of halogens is 2. The lowest BCUT2D eigenvalue weighted by atomic mass is 10.1. The Bertz CT molecular complexity index is 751. The number of nitrogens with zero attached hydrogens (tertiary/aromatic N) is 1. The maximum atomic E-state index is 10.7. The van der Waals surface area contributed by atoms with Gasteiger partial charge in [0.15, 0.2) is 5.75 Å². The molecule has 0 atom stereocenters. The first kappa shape index (κ1) is 16.1. The largest absolute Gasteiger partial charge is 0.507 e. The fourth-order valence-electron chi connectivity index (χ4n) is 1.79. The molecule has 114 valence electrons. The molecular formula is C15H11Cl2NO4. The van der Waals surface area contributed by atoms with Crippen LogP contribution in [0.4, 0.5) is 5.69 Å². The molecule has 0 heterocycles. The molecule has 2 rings (SSSR count). The van der Waals surface area contributed by atoms with Crippen molar-refractivity contribution in [1.82, 2.24) is 0 Å². The predicted octanol–water partition coefficient (Wildman–Crippen LogP) is 5.43. The monoisotopic (exact) mass is 339 g/mol. The zero-order valence-corrected chi connectivity index (χ0v) is 13.0. The molecule has 0 fully saturated rings. The first-order chi connectivity index (χ1) is 10.3. The Hall–Kier alpha value is -2.24. The Morgan fingerprint density at radius 3 is 2.36 bits per heavy atom. The summed E-state index contributed by atoms with van der Waals surface area (Å²) < 4.78 is 5.58. The molecule has 2 aromatic rings. The van der Waals surface area contributed by atoms with E-state index in [4.69, 9.17) is 27.9 Å². The fraction of sp³-hybridized carbons (Fsp3) is 0.0667. The second-order valence-corrected chi connectivity index (χ2v) is 5.37. The summed E-state index contributed by atoms with van der Waals surface area (Å²) in [6, 6.07) is 6.86. The highest BCUT2D eigenvalue weighted by Crippen LogP contribution is 2.40. The van der Waals surface area contributed by atoms with E-state index in [2.05, 4.69) is 6.58 Å². The van der Waals surface area contributed by atoms with Gasteiger partial charge in [0.2, 0.25) is 0 Å². The zero-order valence-electron chi connectivity index (χ0n) is 11.5. The van der Waals surface area contributed by atoms with Crippen molar-refractivity contribution in [2.24, 2.45) is 0 Å². The van der Waals surface area contributed by atoms with Gasteiger partial charge in [-0.25, -0.2) is 0 Å². The number of rotatable bonds is 4. The third-order valence-corrected chi connectivity index (χ3v) is 3.40. The molecule has 0 aliphatic carbocycles. The van der Waals surface area contributed by atoms with Crippen molar-refractivity contribution in [1.29, 1.82) is 0 Å². The van der Waals surface area contributed by atoms with Crippen LogP contribution in [0.25, 0.3) is 5.57 Å². The molecule has 22 heavy (non-hydrogen) atoms. The van der Waals surface area contributed by atoms with Crippen molar-refractivity contribution < 1.29 is 14.8 Å². The second-order valence-electron chi connectivity index (χ2n) is 4.56. The summed E-state index contributed by atoms with van der Waals surface area (Å²) >= 11 is 12.0. The maximum Gasteiger partial charge on any atom is 0.272 e. The lowest BCUT2D eigenvalue weighted by molar-refractivity contribution is -0.384. The van der Waals surface area contributed by atoms with Crippen LogP contribution in [0.1, 0.15) is 12.5 Å². The number of benzene rings is 2. The van der Waals surface area contributed by atoms with Crippen molar-refractivity contribution in [3.63, 3.8) is 0 Å². The summed E-state index contributed by atoms with van der Waals surface area (Å²) in [6.45, 7) is 5.50. The second kappa shape index (κ2) is 6.25. The average molecular weight is 340 g/mol. The lowest BCUT2D eigenvalue weighted by Gasteiger charge is -2.11. The van der Waals surface area contributed by atoms with Crippen LogP contribution in [0, 0.1) is 10.1 Å². The van der Waals surface area contributed by atoms with E-state index < -0.39 is 4.92 Å². The summed E-state index contributed by atoms with van der Waals surface area (Å²) in [7, 11) is 0. The minimum absolute atomic E-state index is 0.0177. The van der Waals surface area contributed by atoms with Gasteiger partial charge in [-0.3, -0.25) is 10.1 Å². The Balaban J connectivity index is 2.41. The number of hydrogen-bond acceptors (Lipinski definition) is 4. The van der Waals surface area contributed by atoms with Gasteiger partial charge < -0.3 is 9.84 Å². The van der Waals surface area contributed by atoms with Gasteiger partial charge in [-0.05, 0) is 30.7 Å². The number of phenolic OH excluding ortho intramolecular Hbond substituents is 1. The first-order valence-corrected chi connectivity index (χ1v) is 6.85. The summed E-state index contributed by atoms with van der Waals surface area (Å²) in [5.74, 6) is 0.543. The van der Waals surface area contributed by atoms with E-state index in [1.165, 1.54) is 12.1 Å². The predicted molar refractivity (Wildman–Crippen MR) is 86.0 cm³/mol. The van der Waals surface area contributed by atoms with E-state index in [1.807, 2.05) is 0 Å². The highest BCUT2D eigenvalue weighted by atomic mass is 35.5. The summed E-state index contributed by atoms with van der Waals surface area (Å²) in [6.07, 6.45) is 0. The molecule has 2 aromatic carbocycles. The van der Waals surface area contributed by atoms with Crippen molar-refractivity contribution in [2.45, 2.75) is 6.92 Å². The van der Waals surface area contributed by atoms with Crippen LogP contribution in [0.5, 0.6) is 17.2 Å². The minimum Gasteiger partial charge on any atom is -0.507 e. The third kappa shape index (κ3) is 3.32. The number of hydrogen-bond donors (Lipinski definition) is 1. The van der Waals surface area contributed by atoms with E-state index in [0.717, 1.165) is 12.1 Å². The van der Waals surface area contributed by atoms with Gasteiger partial charge in [-0.15, -0.1) is 0 Å². The molecule has 0 bridgehead atoms. The molecule has 0 aliphatic heterocycles. The van der Waals surface area contributed by atoms with Gasteiger partial charge in [0.25, 0.3) is 5.69 Å². The van der Waals surface area contributed by atoms with Gasteiger partial charge in [-0.2, -0.15) is 0 Å². The Morgan fingerprint density at radius 2 is 1.86 bits per heavy atom. The van der Waals surface area contributed by atoms with E-state index in [9.17, 15) is 15.2 Å². The topological polar surface area (TPSA) is 72.6 Å². The van der Waals surface area contributed by atoms with Crippen LogP contribution in [0.2, 0.25) is 10.0 Å². The molecule has 0 unspecified atom stereocenters. The van der Waals surface area contributed by atoms with Crippen molar-refractivity contribution in [2.75, 3.05) is 0 Å². The molecule has 0 radical (unpaired) electrons. The molecule has 7 heteroatoms. The average Bonchev–Trinajstić information content (AvgIpc) is 2.43. The van der Waals surface area contributed by atoms with Crippen LogP contribution >= 0.6 is 23.2 Å². The van der Waals surface area contributed by atoms with Crippen molar-refractivity contribution in [3.8, 4) is 17.2 Å². The first-order valence-electron chi connectivity index (χ1n) is 6.09. The highest BCUT2D eigenvalue weighted by molar-refractivity contribution is 6.37. The van der Waals surface area contributed by atoms with E-state index in [-0.39, 0.29) is 27.2 Å². The molecule has 5 nitrogen and oxygen atoms in total. The number of ether oxygens (including phenoxy) is 1. The summed E-state index contributed by atoms with van der Waals surface area (Å²) in [5, 5.41) is 20.5. The Kier molecular flexibility index (Phi) is 4.59. The normalized spacial score (nSPS) is 10.3. The smallest absolute Gasteiger partial charge is 0.272 e. The Labute approximate surface area is 136 Å². The van der Waals surface area contributed by atoms with Crippen LogP contribution in [0.3, 0.4) is 0 Å². The van der Waals surface area contributed by atoms with Crippen LogP contribution in [-0.4, -0.2) is 10.0 Å². The van der Waals surface area contributed by atoms with Gasteiger partial charge in [0, 0.05) is 17.7 Å². The minimum atomic E-state index is -0.596. The molecule has 0 saturated carbocycles. The number of aromatic hydroxyl groups is 1. The van der Waals surface area contributed by atoms with Crippen molar-refractivity contribution in [3.05, 3.63) is 62.6 Å². The van der Waals surface area contributed by atoms with E-state index in [0.29, 0.717) is 16.9 Å². The van der Waals surface area contributed by atoms with Crippen molar-refractivity contribution >= 4 is 34.5 Å². The van der Waals surface area contributed by atoms with Gasteiger partial charge >= 0.3 is 0 Å². The molecule has 0 saturated heterocycles. The standard InChI is InChI=1S/C15H11Cl2NO4/c1-8(2)11-7-10(3-4-14(11)19)22-15-12(16)5-9(18(20)21)6-13(15)17/h3-7,19H,1H2,2H3. The van der Waals surface area contributed by atoms with Crippen LogP contribution in [0.15, 0.2) is 36.9 Å². The lowest BCUT2D eigenvalue weighted by Crippen LogP contribution is -1.92. The molecule has 0 spiro atoms. The molecular weight excluding hydrogens is 329 g/mol. The van der Waals surface area contributed by atoms with Crippen LogP contribution < -0.4 is 4.74 Å². The maximum absolute atomic E-state index is 10.7. The fourth-order valence-corrected chi connectivity index (χ4v) is 2.34. The van der Waals surface area contributed by atoms with Gasteiger partial charge in [0.05, 0.1) is 15.0 Å².